The highest BCUT2D eigenvalue weighted by molar-refractivity contribution is 6.09. The normalized spacial score (nSPS) is 13.2. The molecule has 7 nitrogen and oxygen atoms in total. The minimum Gasteiger partial charge on any atom is -0.484 e. The maximum Gasteiger partial charge on any atom is 0.289 e. The van der Waals surface area contributed by atoms with Crippen molar-refractivity contribution in [2.24, 2.45) is 0 Å². The van der Waals surface area contributed by atoms with Gasteiger partial charge in [-0.25, -0.2) is 4.39 Å². The van der Waals surface area contributed by atoms with Gasteiger partial charge < -0.3 is 19.0 Å². The quantitative estimate of drug-likeness (QED) is 0.513. The second kappa shape index (κ2) is 10.8. The fourth-order valence-electron chi connectivity index (χ4n) is 3.42. The van der Waals surface area contributed by atoms with E-state index in [9.17, 15) is 18.8 Å². The van der Waals surface area contributed by atoms with Gasteiger partial charge in [-0.05, 0) is 60.7 Å². The first-order chi connectivity index (χ1) is 15.5. The number of carbonyl (C=O) groups excluding carboxylic acids is 3. The van der Waals surface area contributed by atoms with Gasteiger partial charge in [0.2, 0.25) is 0 Å². The summed E-state index contributed by atoms with van der Waals surface area (Å²) in [4.78, 5) is 40.5. The van der Waals surface area contributed by atoms with Crippen LogP contribution in [0.15, 0.2) is 71.3 Å². The lowest BCUT2D eigenvalue weighted by atomic mass is 10.0. The van der Waals surface area contributed by atoms with Gasteiger partial charge in [0.05, 0.1) is 6.26 Å². The Morgan fingerprint density at radius 3 is 2.00 bits per heavy atom. The molecule has 172 valence electrons. The van der Waals surface area contributed by atoms with Crippen molar-refractivity contribution in [1.29, 1.82) is 0 Å². The van der Waals surface area contributed by atoms with Crippen LogP contribution >= 0.6 is 12.4 Å². The number of rotatable bonds is 6. The van der Waals surface area contributed by atoms with Crippen LogP contribution in [-0.2, 0) is 4.79 Å². The third-order valence-electron chi connectivity index (χ3n) is 5.24. The summed E-state index contributed by atoms with van der Waals surface area (Å²) in [6.07, 6.45) is 1.45. The number of furan rings is 1. The van der Waals surface area contributed by atoms with Gasteiger partial charge in [0, 0.05) is 37.3 Å². The first kappa shape index (κ1) is 24.0. The lowest BCUT2D eigenvalue weighted by Gasteiger charge is -2.34. The van der Waals surface area contributed by atoms with Gasteiger partial charge in [-0.2, -0.15) is 0 Å². The summed E-state index contributed by atoms with van der Waals surface area (Å²) in [6.45, 7) is 1.54. The molecule has 1 fully saturated rings. The molecular weight excluding hydrogens is 451 g/mol. The lowest BCUT2D eigenvalue weighted by molar-refractivity contribution is -0.134. The molecule has 0 radical (unpaired) electrons. The van der Waals surface area contributed by atoms with Crippen molar-refractivity contribution in [2.45, 2.75) is 0 Å². The Morgan fingerprint density at radius 2 is 1.42 bits per heavy atom. The molecule has 9 heteroatoms. The standard InChI is InChI=1S/C24H21FN2O5.ClH/c25-19-7-3-17(4-8-19)23(29)18-5-9-20(10-6-18)32-16-22(28)26-11-13-27(14-12-26)24(30)21-2-1-15-31-21;/h1-10,15H,11-14,16H2;1H. The number of carbonyl (C=O) groups is 3. The van der Waals surface area contributed by atoms with E-state index < -0.39 is 5.82 Å². The number of amides is 2. The van der Waals surface area contributed by atoms with Crippen LogP contribution in [-0.4, -0.2) is 60.2 Å². The maximum absolute atomic E-state index is 13.0. The van der Waals surface area contributed by atoms with Crippen molar-refractivity contribution in [3.05, 3.63) is 89.6 Å². The van der Waals surface area contributed by atoms with Crippen molar-refractivity contribution in [2.75, 3.05) is 32.8 Å². The molecule has 0 unspecified atom stereocenters. The van der Waals surface area contributed by atoms with E-state index in [1.54, 1.807) is 46.2 Å². The first-order valence-electron chi connectivity index (χ1n) is 10.1. The molecule has 4 rings (SSSR count). The van der Waals surface area contributed by atoms with Gasteiger partial charge >= 0.3 is 0 Å². The molecular formula is C24H22ClFN2O5. The number of hydrogen-bond donors (Lipinski definition) is 0. The van der Waals surface area contributed by atoms with E-state index in [2.05, 4.69) is 0 Å². The highest BCUT2D eigenvalue weighted by Crippen LogP contribution is 2.16. The summed E-state index contributed by atoms with van der Waals surface area (Å²) in [7, 11) is 0. The minimum absolute atomic E-state index is 0. The molecule has 0 atom stereocenters. The Balaban J connectivity index is 0.00000306. The Kier molecular flexibility index (Phi) is 7.84. The average Bonchev–Trinajstić information content (AvgIpc) is 3.38. The zero-order valence-corrected chi connectivity index (χ0v) is 18.4. The molecule has 0 bridgehead atoms. The maximum atomic E-state index is 13.0. The van der Waals surface area contributed by atoms with Crippen LogP contribution in [0.4, 0.5) is 4.39 Å². The summed E-state index contributed by atoms with van der Waals surface area (Å²) >= 11 is 0. The monoisotopic (exact) mass is 472 g/mol. The number of halogens is 2. The second-order valence-corrected chi connectivity index (χ2v) is 7.30. The van der Waals surface area contributed by atoms with Crippen LogP contribution in [0.5, 0.6) is 5.75 Å². The third-order valence-corrected chi connectivity index (χ3v) is 5.24. The Hall–Kier alpha value is -3.65. The van der Waals surface area contributed by atoms with Crippen LogP contribution in [0, 0.1) is 5.82 Å². The molecule has 1 aromatic heterocycles. The number of ether oxygens (including phenoxy) is 1. The van der Waals surface area contributed by atoms with Gasteiger partial charge in [0.25, 0.3) is 11.8 Å². The van der Waals surface area contributed by atoms with Crippen molar-refractivity contribution >= 4 is 30.0 Å². The third kappa shape index (κ3) is 5.78. The highest BCUT2D eigenvalue weighted by atomic mass is 35.5. The van der Waals surface area contributed by atoms with Crippen molar-refractivity contribution in [1.82, 2.24) is 9.80 Å². The molecule has 1 aliphatic rings. The van der Waals surface area contributed by atoms with Crippen LogP contribution < -0.4 is 4.74 Å². The fraction of sp³-hybridized carbons (Fsp3) is 0.208. The summed E-state index contributed by atoms with van der Waals surface area (Å²) in [5.74, 6) is -0.250. The zero-order chi connectivity index (χ0) is 22.5. The molecule has 3 aromatic rings. The molecule has 1 saturated heterocycles. The number of hydrogen-bond acceptors (Lipinski definition) is 5. The Labute approximate surface area is 196 Å². The van der Waals surface area contributed by atoms with Gasteiger partial charge in [-0.3, -0.25) is 14.4 Å². The average molecular weight is 473 g/mol. The van der Waals surface area contributed by atoms with Crippen LogP contribution in [0.3, 0.4) is 0 Å². The molecule has 33 heavy (non-hydrogen) atoms. The van der Waals surface area contributed by atoms with Gasteiger partial charge in [0.1, 0.15) is 11.6 Å². The van der Waals surface area contributed by atoms with E-state index in [4.69, 9.17) is 9.15 Å². The van der Waals surface area contributed by atoms with Crippen LogP contribution in [0.25, 0.3) is 0 Å². The SMILES string of the molecule is Cl.O=C(c1ccc(F)cc1)c1ccc(OCC(=O)N2CCN(C(=O)c3ccco3)CC2)cc1. The number of benzene rings is 2. The fourth-order valence-corrected chi connectivity index (χ4v) is 3.42. The molecule has 0 aliphatic carbocycles. The van der Waals surface area contributed by atoms with E-state index in [1.807, 2.05) is 0 Å². The van der Waals surface area contributed by atoms with E-state index in [0.29, 0.717) is 43.1 Å². The molecule has 0 N–H and O–H groups in total. The van der Waals surface area contributed by atoms with Gasteiger partial charge in [0.15, 0.2) is 18.2 Å². The smallest absolute Gasteiger partial charge is 0.289 e. The summed E-state index contributed by atoms with van der Waals surface area (Å²) in [5.41, 5.74) is 0.826. The topological polar surface area (TPSA) is 80.1 Å². The molecule has 2 aromatic carbocycles. The van der Waals surface area contributed by atoms with Crippen molar-refractivity contribution < 1.29 is 27.9 Å². The number of nitrogens with zero attached hydrogens (tertiary/aromatic N) is 2. The highest BCUT2D eigenvalue weighted by Gasteiger charge is 2.26. The van der Waals surface area contributed by atoms with Gasteiger partial charge in [-0.15, -0.1) is 12.4 Å². The largest absolute Gasteiger partial charge is 0.484 e. The molecule has 0 spiro atoms. The lowest BCUT2D eigenvalue weighted by Crippen LogP contribution is -2.51. The summed E-state index contributed by atoms with van der Waals surface area (Å²) < 4.78 is 23.7. The number of ketones is 1. The van der Waals surface area contributed by atoms with Crippen LogP contribution in [0.1, 0.15) is 26.5 Å². The summed E-state index contributed by atoms with van der Waals surface area (Å²) in [6, 6.07) is 15.1. The Bertz CT molecular complexity index is 1090. The molecule has 1 aliphatic heterocycles. The Morgan fingerprint density at radius 1 is 0.848 bits per heavy atom. The summed E-state index contributed by atoms with van der Waals surface area (Å²) in [5, 5.41) is 0. The minimum atomic E-state index is -0.402. The molecule has 0 saturated carbocycles. The first-order valence-corrected chi connectivity index (χ1v) is 10.1. The molecule has 2 heterocycles. The van der Waals surface area contributed by atoms with E-state index in [-0.39, 0.29) is 42.4 Å². The van der Waals surface area contributed by atoms with E-state index in [1.165, 1.54) is 30.5 Å². The van der Waals surface area contributed by atoms with Gasteiger partial charge in [-0.1, -0.05) is 0 Å². The van der Waals surface area contributed by atoms with Crippen molar-refractivity contribution in [3.8, 4) is 5.75 Å². The van der Waals surface area contributed by atoms with Crippen molar-refractivity contribution in [3.63, 3.8) is 0 Å². The molecule has 2 amide bonds. The van der Waals surface area contributed by atoms with E-state index in [0.717, 1.165) is 0 Å². The zero-order valence-electron chi connectivity index (χ0n) is 17.6. The number of piperazine rings is 1. The second-order valence-electron chi connectivity index (χ2n) is 7.30. The predicted molar refractivity (Wildman–Crippen MR) is 120 cm³/mol. The van der Waals surface area contributed by atoms with Crippen LogP contribution in [0.2, 0.25) is 0 Å². The predicted octanol–water partition coefficient (Wildman–Crippen LogP) is 3.43. The van der Waals surface area contributed by atoms with E-state index >= 15 is 0 Å².